The summed E-state index contributed by atoms with van der Waals surface area (Å²) in [6.45, 7) is 1.48. The third-order valence-corrected chi connectivity index (χ3v) is 5.05. The lowest BCUT2D eigenvalue weighted by Crippen LogP contribution is -2.41. The Hall–Kier alpha value is -2.52. The Labute approximate surface area is 161 Å². The molecule has 27 heavy (non-hydrogen) atoms. The Morgan fingerprint density at radius 2 is 2.30 bits per heavy atom. The van der Waals surface area contributed by atoms with Crippen molar-refractivity contribution in [3.63, 3.8) is 0 Å². The van der Waals surface area contributed by atoms with Gasteiger partial charge >= 0.3 is 6.03 Å². The molecule has 1 fully saturated rings. The third-order valence-electron chi connectivity index (χ3n) is 4.25. The zero-order valence-electron chi connectivity index (χ0n) is 15.0. The van der Waals surface area contributed by atoms with Crippen LogP contribution in [0.15, 0.2) is 29.6 Å². The number of benzene rings is 1. The third kappa shape index (κ3) is 5.48. The number of thiazole rings is 1. The second-order valence-corrected chi connectivity index (χ2v) is 7.28. The van der Waals surface area contributed by atoms with Crippen LogP contribution < -0.4 is 16.0 Å². The molecule has 144 valence electrons. The molecule has 0 radical (unpaired) electrons. The molecule has 1 unspecified atom stereocenters. The second kappa shape index (κ2) is 8.92. The number of hydrogen-bond acceptors (Lipinski definition) is 5. The second-order valence-electron chi connectivity index (χ2n) is 6.42. The summed E-state index contributed by atoms with van der Waals surface area (Å²) in [6.07, 6.45) is 1.87. The minimum Gasteiger partial charge on any atom is -0.338 e. The quantitative estimate of drug-likeness (QED) is 0.705. The van der Waals surface area contributed by atoms with Gasteiger partial charge in [-0.25, -0.2) is 14.2 Å². The van der Waals surface area contributed by atoms with Crippen molar-refractivity contribution in [2.75, 3.05) is 18.9 Å². The maximum Gasteiger partial charge on any atom is 0.321 e. The molecule has 0 spiro atoms. The van der Waals surface area contributed by atoms with E-state index in [2.05, 4.69) is 20.9 Å². The Morgan fingerprint density at radius 1 is 1.44 bits per heavy atom. The van der Waals surface area contributed by atoms with E-state index in [-0.39, 0.29) is 24.3 Å². The maximum atomic E-state index is 13.1. The number of nitrogens with zero attached hydrogens (tertiary/aromatic N) is 2. The molecule has 1 aliphatic heterocycles. The summed E-state index contributed by atoms with van der Waals surface area (Å²) in [5.41, 5.74) is 1.39. The first-order valence-corrected chi connectivity index (χ1v) is 9.61. The van der Waals surface area contributed by atoms with Crippen LogP contribution >= 0.6 is 11.3 Å². The largest absolute Gasteiger partial charge is 0.338 e. The van der Waals surface area contributed by atoms with Crippen LogP contribution in [0.1, 0.15) is 24.1 Å². The van der Waals surface area contributed by atoms with Gasteiger partial charge in [0, 0.05) is 19.0 Å². The van der Waals surface area contributed by atoms with Gasteiger partial charge in [0.05, 0.1) is 18.3 Å². The molecule has 0 saturated carbocycles. The van der Waals surface area contributed by atoms with Crippen LogP contribution in [-0.4, -0.2) is 41.5 Å². The number of anilines is 1. The smallest absolute Gasteiger partial charge is 0.321 e. The van der Waals surface area contributed by atoms with Crippen molar-refractivity contribution >= 4 is 28.4 Å². The van der Waals surface area contributed by atoms with E-state index in [1.54, 1.807) is 24.1 Å². The SMILES string of the molecule is CN(Cc1csc(NC(=O)NCc2cccc(F)c2)n1)C(=O)C1CCCN1. The standard InChI is InChI=1S/C18H22FN5O2S/c1-24(16(25)15-6-3-7-20-15)10-14-11-27-18(22-14)23-17(26)21-9-12-4-2-5-13(19)8-12/h2,4-5,8,11,15,20H,3,6-7,9-10H2,1H3,(H2,21,22,23,26). The zero-order valence-corrected chi connectivity index (χ0v) is 15.8. The van der Waals surface area contributed by atoms with Crippen LogP contribution in [0.4, 0.5) is 14.3 Å². The van der Waals surface area contributed by atoms with Gasteiger partial charge < -0.3 is 15.5 Å². The molecule has 1 atom stereocenters. The van der Waals surface area contributed by atoms with Crippen LogP contribution in [0, 0.1) is 5.82 Å². The number of carbonyl (C=O) groups is 2. The molecule has 7 nitrogen and oxygen atoms in total. The van der Waals surface area contributed by atoms with E-state index in [1.165, 1.54) is 23.5 Å². The highest BCUT2D eigenvalue weighted by atomic mass is 32.1. The summed E-state index contributed by atoms with van der Waals surface area (Å²) in [7, 11) is 1.75. The van der Waals surface area contributed by atoms with Crippen molar-refractivity contribution in [3.05, 3.63) is 46.7 Å². The highest BCUT2D eigenvalue weighted by Crippen LogP contribution is 2.17. The fourth-order valence-corrected chi connectivity index (χ4v) is 3.59. The molecular weight excluding hydrogens is 369 g/mol. The van der Waals surface area contributed by atoms with Gasteiger partial charge in [-0.1, -0.05) is 12.1 Å². The van der Waals surface area contributed by atoms with Crippen LogP contribution in [0.2, 0.25) is 0 Å². The molecule has 3 N–H and O–H groups in total. The number of halogens is 1. The fraction of sp³-hybridized carbons (Fsp3) is 0.389. The van der Waals surface area contributed by atoms with Gasteiger partial charge in [0.2, 0.25) is 5.91 Å². The molecule has 0 aliphatic carbocycles. The number of hydrogen-bond donors (Lipinski definition) is 3. The van der Waals surface area contributed by atoms with Crippen molar-refractivity contribution in [1.29, 1.82) is 0 Å². The first-order chi connectivity index (χ1) is 13.0. The molecule has 1 aliphatic rings. The van der Waals surface area contributed by atoms with Gasteiger partial charge in [-0.05, 0) is 37.1 Å². The molecule has 2 aromatic rings. The Morgan fingerprint density at radius 3 is 3.04 bits per heavy atom. The van der Waals surface area contributed by atoms with Crippen molar-refractivity contribution < 1.29 is 14.0 Å². The number of aromatic nitrogens is 1. The first kappa shape index (κ1) is 19.2. The lowest BCUT2D eigenvalue weighted by molar-refractivity contribution is -0.132. The number of amides is 3. The Bertz CT molecular complexity index is 807. The van der Waals surface area contributed by atoms with Gasteiger partial charge in [0.25, 0.3) is 0 Å². The molecule has 3 rings (SSSR count). The van der Waals surface area contributed by atoms with Gasteiger partial charge in [-0.3, -0.25) is 10.1 Å². The summed E-state index contributed by atoms with van der Waals surface area (Å²) in [4.78, 5) is 30.3. The van der Waals surface area contributed by atoms with E-state index in [0.29, 0.717) is 22.9 Å². The topological polar surface area (TPSA) is 86.4 Å². The summed E-state index contributed by atoms with van der Waals surface area (Å²) >= 11 is 1.29. The predicted octanol–water partition coefficient (Wildman–Crippen LogP) is 2.31. The predicted molar refractivity (Wildman–Crippen MR) is 102 cm³/mol. The van der Waals surface area contributed by atoms with Gasteiger partial charge in [0.15, 0.2) is 5.13 Å². The average Bonchev–Trinajstić information content (AvgIpc) is 3.31. The van der Waals surface area contributed by atoms with E-state index in [9.17, 15) is 14.0 Å². The number of likely N-dealkylation sites (N-methyl/N-ethyl adjacent to an activating group) is 1. The van der Waals surface area contributed by atoms with Crippen molar-refractivity contribution in [2.45, 2.75) is 32.0 Å². The summed E-state index contributed by atoms with van der Waals surface area (Å²) in [5, 5.41) is 10.8. The van der Waals surface area contributed by atoms with E-state index in [4.69, 9.17) is 0 Å². The van der Waals surface area contributed by atoms with Crippen LogP contribution in [0.3, 0.4) is 0 Å². The average molecular weight is 391 g/mol. The fourth-order valence-electron chi connectivity index (χ4n) is 2.89. The molecule has 9 heteroatoms. The summed E-state index contributed by atoms with van der Waals surface area (Å²) in [6, 6.07) is 5.52. The van der Waals surface area contributed by atoms with Crippen molar-refractivity contribution in [2.24, 2.45) is 0 Å². The number of nitrogens with one attached hydrogen (secondary N) is 3. The normalized spacial score (nSPS) is 16.1. The van der Waals surface area contributed by atoms with Crippen molar-refractivity contribution in [3.8, 4) is 0 Å². The number of urea groups is 1. The Kier molecular flexibility index (Phi) is 6.36. The Balaban J connectivity index is 1.47. The highest BCUT2D eigenvalue weighted by molar-refractivity contribution is 7.13. The summed E-state index contributed by atoms with van der Waals surface area (Å²) in [5.74, 6) is -0.284. The lowest BCUT2D eigenvalue weighted by Gasteiger charge is -2.20. The molecule has 1 aromatic carbocycles. The summed E-state index contributed by atoms with van der Waals surface area (Å²) < 4.78 is 13.1. The highest BCUT2D eigenvalue weighted by Gasteiger charge is 2.25. The molecule has 2 heterocycles. The van der Waals surface area contributed by atoms with Gasteiger partial charge in [0.1, 0.15) is 5.82 Å². The first-order valence-electron chi connectivity index (χ1n) is 8.73. The van der Waals surface area contributed by atoms with E-state index < -0.39 is 6.03 Å². The monoisotopic (exact) mass is 391 g/mol. The van der Waals surface area contributed by atoms with Crippen LogP contribution in [-0.2, 0) is 17.9 Å². The van der Waals surface area contributed by atoms with E-state index in [1.807, 2.05) is 5.38 Å². The van der Waals surface area contributed by atoms with Crippen molar-refractivity contribution in [1.82, 2.24) is 20.5 Å². The molecule has 0 bridgehead atoms. The molecule has 1 aromatic heterocycles. The minimum atomic E-state index is -0.417. The molecule has 3 amide bonds. The van der Waals surface area contributed by atoms with Crippen LogP contribution in [0.25, 0.3) is 0 Å². The lowest BCUT2D eigenvalue weighted by atomic mass is 10.2. The van der Waals surface area contributed by atoms with E-state index >= 15 is 0 Å². The minimum absolute atomic E-state index is 0.0582. The number of rotatable bonds is 6. The maximum absolute atomic E-state index is 13.1. The number of carbonyl (C=O) groups excluding carboxylic acids is 2. The van der Waals surface area contributed by atoms with Gasteiger partial charge in [-0.15, -0.1) is 11.3 Å². The van der Waals surface area contributed by atoms with Gasteiger partial charge in [-0.2, -0.15) is 0 Å². The molecule has 1 saturated heterocycles. The van der Waals surface area contributed by atoms with E-state index in [0.717, 1.165) is 19.4 Å². The van der Waals surface area contributed by atoms with Crippen LogP contribution in [0.5, 0.6) is 0 Å². The molecular formula is C18H22FN5O2S. The zero-order chi connectivity index (χ0) is 19.2.